The van der Waals surface area contributed by atoms with E-state index in [0.717, 1.165) is 49.4 Å². The molecule has 1 aromatic carbocycles. The lowest BCUT2D eigenvalue weighted by molar-refractivity contribution is 0.170. The number of imidazole rings is 1. The molecule has 1 aliphatic heterocycles. The molecule has 2 amide bonds. The zero-order valence-electron chi connectivity index (χ0n) is 15.5. The van der Waals surface area contributed by atoms with E-state index in [4.69, 9.17) is 0 Å². The number of piperidine rings is 1. The molecule has 5 nitrogen and oxygen atoms in total. The fraction of sp³-hybridized carbons (Fsp3) is 0.500. The Morgan fingerprint density at radius 3 is 2.62 bits per heavy atom. The Balaban J connectivity index is 1.61. The zero-order chi connectivity index (χ0) is 18.5. The second kappa shape index (κ2) is 8.34. The Morgan fingerprint density at radius 1 is 1.27 bits per heavy atom. The monoisotopic (exact) mass is 358 g/mol. The van der Waals surface area contributed by atoms with Gasteiger partial charge < -0.3 is 14.8 Å². The van der Waals surface area contributed by atoms with Crippen molar-refractivity contribution in [3.8, 4) is 0 Å². The molecule has 26 heavy (non-hydrogen) atoms. The van der Waals surface area contributed by atoms with E-state index in [-0.39, 0.29) is 11.8 Å². The van der Waals surface area contributed by atoms with Crippen LogP contribution >= 0.6 is 0 Å². The summed E-state index contributed by atoms with van der Waals surface area (Å²) in [6.07, 6.45) is 4.82. The number of aryl methyl sites for hydroxylation is 1. The molecule has 140 valence electrons. The van der Waals surface area contributed by atoms with E-state index in [2.05, 4.69) is 21.8 Å². The summed E-state index contributed by atoms with van der Waals surface area (Å²) in [5.74, 6) is 1.40. The predicted octanol–water partition coefficient (Wildman–Crippen LogP) is 3.36. The minimum atomic E-state index is -0.213. The van der Waals surface area contributed by atoms with Gasteiger partial charge in [0.15, 0.2) is 0 Å². The number of carbonyl (C=O) groups excluding carboxylic acids is 1. The molecule has 0 spiro atoms. The standard InChI is InChI=1S/C20H27FN4O/c1-3-22-20(26)24-10-8-16(9-11-24)12-19-23-13-15(2)25(19)14-17-4-6-18(21)7-5-17/h4-7,13,16H,3,8-12,14H2,1-2H3,(H,22,26). The maximum absolute atomic E-state index is 13.1. The van der Waals surface area contributed by atoms with Crippen LogP contribution in [0.1, 0.15) is 36.8 Å². The van der Waals surface area contributed by atoms with Crippen LogP contribution in [0.25, 0.3) is 0 Å². The molecule has 0 bridgehead atoms. The molecule has 0 aliphatic carbocycles. The number of nitrogens with one attached hydrogen (secondary N) is 1. The van der Waals surface area contributed by atoms with E-state index in [1.807, 2.05) is 30.2 Å². The summed E-state index contributed by atoms with van der Waals surface area (Å²) < 4.78 is 15.3. The lowest BCUT2D eigenvalue weighted by Crippen LogP contribution is -2.44. The molecule has 1 fully saturated rings. The summed E-state index contributed by atoms with van der Waals surface area (Å²) in [6, 6.07) is 6.68. The second-order valence-electron chi connectivity index (χ2n) is 7.00. The first-order valence-corrected chi connectivity index (χ1v) is 9.35. The van der Waals surface area contributed by atoms with Gasteiger partial charge in [-0.2, -0.15) is 0 Å². The van der Waals surface area contributed by atoms with Crippen LogP contribution in [0.2, 0.25) is 0 Å². The summed E-state index contributed by atoms with van der Waals surface area (Å²) in [5.41, 5.74) is 2.18. The van der Waals surface area contributed by atoms with E-state index >= 15 is 0 Å². The predicted molar refractivity (Wildman–Crippen MR) is 99.5 cm³/mol. The van der Waals surface area contributed by atoms with Crippen LogP contribution in [0.5, 0.6) is 0 Å². The highest BCUT2D eigenvalue weighted by atomic mass is 19.1. The van der Waals surface area contributed by atoms with E-state index in [0.29, 0.717) is 19.0 Å². The summed E-state index contributed by atoms with van der Waals surface area (Å²) in [4.78, 5) is 18.4. The molecule has 2 heterocycles. The summed E-state index contributed by atoms with van der Waals surface area (Å²) in [5, 5.41) is 2.87. The summed E-state index contributed by atoms with van der Waals surface area (Å²) >= 11 is 0. The number of nitrogens with zero attached hydrogens (tertiary/aromatic N) is 3. The molecular weight excluding hydrogens is 331 g/mol. The van der Waals surface area contributed by atoms with Crippen molar-refractivity contribution in [3.63, 3.8) is 0 Å². The van der Waals surface area contributed by atoms with Gasteiger partial charge in [0.25, 0.3) is 0 Å². The smallest absolute Gasteiger partial charge is 0.317 e. The van der Waals surface area contributed by atoms with Gasteiger partial charge in [0.05, 0.1) is 0 Å². The van der Waals surface area contributed by atoms with Gasteiger partial charge in [0.1, 0.15) is 11.6 Å². The molecule has 0 atom stereocenters. The number of amides is 2. The van der Waals surface area contributed by atoms with Crippen LogP contribution < -0.4 is 5.32 Å². The lowest BCUT2D eigenvalue weighted by atomic mass is 9.93. The molecule has 6 heteroatoms. The van der Waals surface area contributed by atoms with Crippen molar-refractivity contribution in [3.05, 3.63) is 53.4 Å². The highest BCUT2D eigenvalue weighted by Crippen LogP contribution is 2.22. The number of halogens is 1. The van der Waals surface area contributed by atoms with Crippen LogP contribution in [0.3, 0.4) is 0 Å². The molecule has 1 saturated heterocycles. The molecular formula is C20H27FN4O. The third kappa shape index (κ3) is 4.42. The maximum atomic E-state index is 13.1. The van der Waals surface area contributed by atoms with Crippen molar-refractivity contribution in [2.24, 2.45) is 5.92 Å². The van der Waals surface area contributed by atoms with Crippen LogP contribution in [0, 0.1) is 18.7 Å². The highest BCUT2D eigenvalue weighted by molar-refractivity contribution is 5.74. The number of benzene rings is 1. The Hall–Kier alpha value is -2.37. The van der Waals surface area contributed by atoms with Crippen LogP contribution in [0.4, 0.5) is 9.18 Å². The molecule has 3 rings (SSSR count). The normalized spacial score (nSPS) is 15.3. The van der Waals surface area contributed by atoms with Gasteiger partial charge in [-0.05, 0) is 50.3 Å². The number of hydrogen-bond donors (Lipinski definition) is 1. The topological polar surface area (TPSA) is 50.2 Å². The third-order valence-electron chi connectivity index (χ3n) is 5.09. The number of carbonyl (C=O) groups is 1. The fourth-order valence-corrected chi connectivity index (χ4v) is 3.52. The van der Waals surface area contributed by atoms with Gasteiger partial charge in [-0.15, -0.1) is 0 Å². The highest BCUT2D eigenvalue weighted by Gasteiger charge is 2.24. The van der Waals surface area contributed by atoms with Gasteiger partial charge in [0.2, 0.25) is 0 Å². The molecule has 0 unspecified atom stereocenters. The van der Waals surface area contributed by atoms with Crippen molar-refractivity contribution in [1.29, 1.82) is 0 Å². The van der Waals surface area contributed by atoms with E-state index in [9.17, 15) is 9.18 Å². The van der Waals surface area contributed by atoms with Crippen molar-refractivity contribution in [2.45, 2.75) is 39.7 Å². The first-order chi connectivity index (χ1) is 12.6. The van der Waals surface area contributed by atoms with Crippen LogP contribution in [-0.4, -0.2) is 40.1 Å². The van der Waals surface area contributed by atoms with Crippen LogP contribution in [-0.2, 0) is 13.0 Å². The maximum Gasteiger partial charge on any atom is 0.317 e. The van der Waals surface area contributed by atoms with Crippen molar-refractivity contribution in [2.75, 3.05) is 19.6 Å². The Morgan fingerprint density at radius 2 is 1.96 bits per heavy atom. The zero-order valence-corrected chi connectivity index (χ0v) is 15.5. The Bertz CT molecular complexity index is 733. The molecule has 0 saturated carbocycles. The van der Waals surface area contributed by atoms with Crippen molar-refractivity contribution >= 4 is 6.03 Å². The van der Waals surface area contributed by atoms with Gasteiger partial charge in [-0.25, -0.2) is 14.2 Å². The quantitative estimate of drug-likeness (QED) is 0.891. The van der Waals surface area contributed by atoms with Gasteiger partial charge in [-0.1, -0.05) is 12.1 Å². The van der Waals surface area contributed by atoms with Crippen molar-refractivity contribution < 1.29 is 9.18 Å². The Kier molecular flexibility index (Phi) is 5.91. The molecule has 1 aromatic heterocycles. The van der Waals surface area contributed by atoms with Gasteiger partial charge in [0, 0.05) is 44.5 Å². The third-order valence-corrected chi connectivity index (χ3v) is 5.09. The fourth-order valence-electron chi connectivity index (χ4n) is 3.52. The molecule has 0 radical (unpaired) electrons. The average molecular weight is 358 g/mol. The average Bonchev–Trinajstić information content (AvgIpc) is 2.98. The summed E-state index contributed by atoms with van der Waals surface area (Å²) in [7, 11) is 0. The summed E-state index contributed by atoms with van der Waals surface area (Å²) in [6.45, 7) is 6.96. The van der Waals surface area contributed by atoms with Gasteiger partial charge >= 0.3 is 6.03 Å². The molecule has 1 aliphatic rings. The minimum Gasteiger partial charge on any atom is -0.338 e. The number of urea groups is 1. The number of hydrogen-bond acceptors (Lipinski definition) is 2. The Labute approximate surface area is 154 Å². The SMILES string of the molecule is CCNC(=O)N1CCC(Cc2ncc(C)n2Cc2ccc(F)cc2)CC1. The minimum absolute atomic E-state index is 0.0413. The van der Waals surface area contributed by atoms with Crippen molar-refractivity contribution in [1.82, 2.24) is 19.8 Å². The van der Waals surface area contributed by atoms with E-state index in [1.165, 1.54) is 12.1 Å². The largest absolute Gasteiger partial charge is 0.338 e. The number of rotatable bonds is 5. The molecule has 1 N–H and O–H groups in total. The first kappa shape index (κ1) is 18.4. The van der Waals surface area contributed by atoms with E-state index < -0.39 is 0 Å². The lowest BCUT2D eigenvalue weighted by Gasteiger charge is -2.32. The first-order valence-electron chi connectivity index (χ1n) is 9.35. The van der Waals surface area contributed by atoms with Crippen LogP contribution in [0.15, 0.2) is 30.5 Å². The van der Waals surface area contributed by atoms with E-state index in [1.54, 1.807) is 0 Å². The number of aromatic nitrogens is 2. The van der Waals surface area contributed by atoms with Gasteiger partial charge in [-0.3, -0.25) is 0 Å². The number of likely N-dealkylation sites (tertiary alicyclic amines) is 1. The molecule has 2 aromatic rings. The second-order valence-corrected chi connectivity index (χ2v) is 7.00.